The second kappa shape index (κ2) is 6.07. The van der Waals surface area contributed by atoms with Gasteiger partial charge in [0.15, 0.2) is 11.4 Å². The van der Waals surface area contributed by atoms with Crippen LogP contribution in [0.5, 0.6) is 17.2 Å². The number of carbonyl (C=O) groups is 1. The summed E-state index contributed by atoms with van der Waals surface area (Å²) in [6.07, 6.45) is 0. The molecule has 118 valence electrons. The predicted octanol–water partition coefficient (Wildman–Crippen LogP) is 3.96. The van der Waals surface area contributed by atoms with Gasteiger partial charge in [0.25, 0.3) is 0 Å². The lowest BCUT2D eigenvalue weighted by Gasteiger charge is -2.12. The van der Waals surface area contributed by atoms with Crippen molar-refractivity contribution < 1.29 is 19.7 Å². The molecule has 24 heavy (non-hydrogen) atoms. The van der Waals surface area contributed by atoms with Crippen LogP contribution in [0.4, 0.5) is 0 Å². The number of pyridine rings is 1. The van der Waals surface area contributed by atoms with Gasteiger partial charge in [0.2, 0.25) is 0 Å². The Morgan fingerprint density at radius 2 is 1.92 bits per heavy atom. The Kier molecular flexibility index (Phi) is 3.94. The van der Waals surface area contributed by atoms with E-state index in [0.29, 0.717) is 16.2 Å². The third-order valence-corrected chi connectivity index (χ3v) is 3.57. The van der Waals surface area contributed by atoms with Crippen LogP contribution in [0.2, 0.25) is 5.02 Å². The molecule has 0 fully saturated rings. The standard InChI is InChI=1S/C17H9ClN2O4/c18-9-4-6-10(7-5-9)24-13-3-1-2-11-12(8-19)20-15(17(22)23)16(21)14(11)13/h1-7,21H,(H,22,23). The number of halogens is 1. The van der Waals surface area contributed by atoms with E-state index in [1.54, 1.807) is 42.5 Å². The van der Waals surface area contributed by atoms with Crippen LogP contribution in [0.1, 0.15) is 16.2 Å². The first-order valence-corrected chi connectivity index (χ1v) is 7.11. The summed E-state index contributed by atoms with van der Waals surface area (Å²) < 4.78 is 5.71. The zero-order valence-corrected chi connectivity index (χ0v) is 12.8. The summed E-state index contributed by atoms with van der Waals surface area (Å²) in [4.78, 5) is 14.9. The average Bonchev–Trinajstić information content (AvgIpc) is 2.57. The molecule has 0 unspecified atom stereocenters. The molecule has 0 saturated heterocycles. The van der Waals surface area contributed by atoms with E-state index in [0.717, 1.165) is 0 Å². The molecular weight excluding hydrogens is 332 g/mol. The zero-order valence-electron chi connectivity index (χ0n) is 12.0. The summed E-state index contributed by atoms with van der Waals surface area (Å²) in [5.41, 5.74) is -0.715. The van der Waals surface area contributed by atoms with E-state index in [1.165, 1.54) is 0 Å². The van der Waals surface area contributed by atoms with Crippen molar-refractivity contribution in [2.24, 2.45) is 0 Å². The lowest BCUT2D eigenvalue weighted by Crippen LogP contribution is -2.04. The van der Waals surface area contributed by atoms with E-state index >= 15 is 0 Å². The van der Waals surface area contributed by atoms with Crippen LogP contribution in [-0.2, 0) is 0 Å². The third kappa shape index (κ3) is 2.69. The van der Waals surface area contributed by atoms with Gasteiger partial charge in [-0.1, -0.05) is 23.7 Å². The molecule has 0 saturated carbocycles. The molecule has 1 heterocycles. The van der Waals surface area contributed by atoms with Gasteiger partial charge in [-0.15, -0.1) is 0 Å². The number of benzene rings is 2. The van der Waals surface area contributed by atoms with Gasteiger partial charge in [-0.05, 0) is 30.3 Å². The minimum absolute atomic E-state index is 0.108. The van der Waals surface area contributed by atoms with E-state index in [9.17, 15) is 15.2 Å². The highest BCUT2D eigenvalue weighted by atomic mass is 35.5. The summed E-state index contributed by atoms with van der Waals surface area (Å²) in [7, 11) is 0. The second-order valence-corrected chi connectivity index (χ2v) is 5.25. The molecule has 3 rings (SSSR count). The lowest BCUT2D eigenvalue weighted by atomic mass is 10.1. The van der Waals surface area contributed by atoms with Crippen molar-refractivity contribution in [3.05, 3.63) is 58.9 Å². The number of carboxylic acids is 1. The maximum absolute atomic E-state index is 11.3. The number of aromatic carboxylic acids is 1. The van der Waals surface area contributed by atoms with Crippen LogP contribution in [0.15, 0.2) is 42.5 Å². The molecule has 0 amide bonds. The number of hydrogen-bond donors (Lipinski definition) is 2. The highest BCUT2D eigenvalue weighted by Crippen LogP contribution is 2.38. The molecule has 2 N–H and O–H groups in total. The maximum Gasteiger partial charge on any atom is 0.358 e. The van der Waals surface area contributed by atoms with Gasteiger partial charge in [-0.3, -0.25) is 0 Å². The number of aromatic hydroxyl groups is 1. The van der Waals surface area contributed by atoms with Crippen LogP contribution >= 0.6 is 11.6 Å². The SMILES string of the molecule is N#Cc1nc(C(=O)O)c(O)c2c(Oc3ccc(Cl)cc3)cccc12. The molecule has 0 aliphatic heterocycles. The van der Waals surface area contributed by atoms with Crippen molar-refractivity contribution >= 4 is 28.3 Å². The molecule has 0 atom stereocenters. The largest absolute Gasteiger partial charge is 0.505 e. The lowest BCUT2D eigenvalue weighted by molar-refractivity contribution is 0.0687. The van der Waals surface area contributed by atoms with Gasteiger partial charge in [0, 0.05) is 10.4 Å². The Morgan fingerprint density at radius 3 is 2.54 bits per heavy atom. The number of carboxylic acid groups (broad SMARTS) is 1. The normalized spacial score (nSPS) is 10.3. The smallest absolute Gasteiger partial charge is 0.358 e. The summed E-state index contributed by atoms with van der Waals surface area (Å²) in [5.74, 6) is -1.35. The monoisotopic (exact) mass is 340 g/mol. The van der Waals surface area contributed by atoms with Gasteiger partial charge < -0.3 is 14.9 Å². The fraction of sp³-hybridized carbons (Fsp3) is 0. The highest BCUT2D eigenvalue weighted by Gasteiger charge is 2.21. The van der Waals surface area contributed by atoms with Crippen molar-refractivity contribution in [3.63, 3.8) is 0 Å². The van der Waals surface area contributed by atoms with Crippen LogP contribution in [0.25, 0.3) is 10.8 Å². The van der Waals surface area contributed by atoms with E-state index in [4.69, 9.17) is 21.4 Å². The summed E-state index contributed by atoms with van der Waals surface area (Å²) in [5, 5.41) is 29.6. The molecule has 6 nitrogen and oxygen atoms in total. The molecule has 2 aromatic carbocycles. The first kappa shape index (κ1) is 15.6. The maximum atomic E-state index is 11.3. The van der Waals surface area contributed by atoms with Crippen molar-refractivity contribution in [2.45, 2.75) is 0 Å². The number of hydrogen-bond acceptors (Lipinski definition) is 5. The molecule has 0 aliphatic rings. The van der Waals surface area contributed by atoms with E-state index in [1.807, 2.05) is 6.07 Å². The van der Waals surface area contributed by atoms with Gasteiger partial charge in [0.1, 0.15) is 23.3 Å². The molecule has 3 aromatic rings. The van der Waals surface area contributed by atoms with E-state index in [2.05, 4.69) is 4.98 Å². The fourth-order valence-electron chi connectivity index (χ4n) is 2.27. The van der Waals surface area contributed by atoms with Crippen LogP contribution < -0.4 is 4.74 Å². The fourth-order valence-corrected chi connectivity index (χ4v) is 2.39. The number of aromatic nitrogens is 1. The topological polar surface area (TPSA) is 103 Å². The van der Waals surface area contributed by atoms with Crippen molar-refractivity contribution in [1.82, 2.24) is 4.98 Å². The molecule has 7 heteroatoms. The molecular formula is C17H9ClN2O4. The van der Waals surface area contributed by atoms with Gasteiger partial charge >= 0.3 is 5.97 Å². The quantitative estimate of drug-likeness (QED) is 0.748. The van der Waals surface area contributed by atoms with Crippen LogP contribution in [0, 0.1) is 11.3 Å². The van der Waals surface area contributed by atoms with Crippen molar-refractivity contribution in [3.8, 4) is 23.3 Å². The molecule has 0 spiro atoms. The molecule has 1 aromatic heterocycles. The van der Waals surface area contributed by atoms with E-state index < -0.39 is 17.4 Å². The summed E-state index contributed by atoms with van der Waals surface area (Å²) in [6, 6.07) is 13.1. The molecule has 0 aliphatic carbocycles. The van der Waals surface area contributed by atoms with Crippen LogP contribution in [0.3, 0.4) is 0 Å². The first-order valence-electron chi connectivity index (χ1n) is 6.73. The number of fused-ring (bicyclic) bond motifs is 1. The highest BCUT2D eigenvalue weighted by molar-refractivity contribution is 6.30. The van der Waals surface area contributed by atoms with Crippen molar-refractivity contribution in [2.75, 3.05) is 0 Å². The number of nitrogens with zero attached hydrogens (tertiary/aromatic N) is 2. The Morgan fingerprint density at radius 1 is 1.21 bits per heavy atom. The molecule has 0 bridgehead atoms. The minimum atomic E-state index is -1.44. The second-order valence-electron chi connectivity index (χ2n) is 4.81. The Labute approximate surface area is 141 Å². The Balaban J connectivity index is 2.25. The average molecular weight is 341 g/mol. The first-order chi connectivity index (χ1) is 11.5. The third-order valence-electron chi connectivity index (χ3n) is 3.32. The Hall–Kier alpha value is -3.30. The number of nitriles is 1. The molecule has 0 radical (unpaired) electrons. The van der Waals surface area contributed by atoms with Gasteiger partial charge in [-0.25, -0.2) is 9.78 Å². The van der Waals surface area contributed by atoms with Gasteiger partial charge in [-0.2, -0.15) is 5.26 Å². The summed E-state index contributed by atoms with van der Waals surface area (Å²) >= 11 is 5.83. The minimum Gasteiger partial charge on any atom is -0.505 e. The van der Waals surface area contributed by atoms with Crippen molar-refractivity contribution in [1.29, 1.82) is 5.26 Å². The number of rotatable bonds is 3. The zero-order chi connectivity index (χ0) is 17.3. The van der Waals surface area contributed by atoms with E-state index in [-0.39, 0.29) is 16.8 Å². The summed E-state index contributed by atoms with van der Waals surface area (Å²) in [6.45, 7) is 0. The van der Waals surface area contributed by atoms with Gasteiger partial charge in [0.05, 0.1) is 5.39 Å². The Bertz CT molecular complexity index is 994. The number of ether oxygens (including phenoxy) is 1. The predicted molar refractivity (Wildman–Crippen MR) is 86.6 cm³/mol. The van der Waals surface area contributed by atoms with Crippen LogP contribution in [-0.4, -0.2) is 21.2 Å².